The Morgan fingerprint density at radius 3 is 2.55 bits per heavy atom. The molecule has 1 saturated heterocycles. The first-order valence-corrected chi connectivity index (χ1v) is 4.54. The fraction of sp³-hybridized carbons (Fsp3) is 1.00. The van der Waals surface area contributed by atoms with Gasteiger partial charge in [0.05, 0.1) is 6.10 Å². The summed E-state index contributed by atoms with van der Waals surface area (Å²) in [6, 6.07) is 1.29. The Hall–Kier alpha value is -0.0800. The molecule has 0 saturated carbocycles. The molecule has 1 heterocycles. The van der Waals surface area contributed by atoms with E-state index in [1.807, 2.05) is 0 Å². The lowest BCUT2D eigenvalue weighted by Gasteiger charge is -2.48. The van der Waals surface area contributed by atoms with Crippen LogP contribution in [-0.4, -0.2) is 36.2 Å². The second-order valence-electron chi connectivity index (χ2n) is 3.52. The zero-order valence-corrected chi connectivity index (χ0v) is 8.00. The smallest absolute Gasteiger partial charge is 0.0854 e. The Balaban J connectivity index is 2.26. The molecule has 0 aromatic rings. The minimum Gasteiger partial charge on any atom is -0.376 e. The molecule has 0 radical (unpaired) electrons. The second kappa shape index (κ2) is 3.55. The SMILES string of the molecule is CCO[C@H]1CN(C(C)C)[C@@H]1C. The van der Waals surface area contributed by atoms with E-state index in [4.69, 9.17) is 4.74 Å². The molecule has 2 atom stereocenters. The van der Waals surface area contributed by atoms with Crippen molar-refractivity contribution in [2.24, 2.45) is 0 Å². The lowest BCUT2D eigenvalue weighted by molar-refractivity contribution is -0.106. The van der Waals surface area contributed by atoms with Crippen LogP contribution in [0.4, 0.5) is 0 Å². The maximum Gasteiger partial charge on any atom is 0.0854 e. The zero-order valence-electron chi connectivity index (χ0n) is 8.00. The highest BCUT2D eigenvalue weighted by atomic mass is 16.5. The summed E-state index contributed by atoms with van der Waals surface area (Å²) in [5.41, 5.74) is 0. The first-order chi connectivity index (χ1) is 5.16. The standard InChI is InChI=1S/C9H19NO/c1-5-11-9-6-10(7(2)3)8(9)4/h7-9H,5-6H2,1-4H3/t8-,9+/m1/s1. The summed E-state index contributed by atoms with van der Waals surface area (Å²) in [7, 11) is 0. The summed E-state index contributed by atoms with van der Waals surface area (Å²) in [5, 5.41) is 0. The fourth-order valence-corrected chi connectivity index (χ4v) is 1.69. The first kappa shape index (κ1) is 9.01. The third-order valence-electron chi connectivity index (χ3n) is 2.50. The van der Waals surface area contributed by atoms with E-state index < -0.39 is 0 Å². The quantitative estimate of drug-likeness (QED) is 0.615. The number of rotatable bonds is 3. The fourth-order valence-electron chi connectivity index (χ4n) is 1.69. The zero-order chi connectivity index (χ0) is 8.43. The average molecular weight is 157 g/mol. The minimum absolute atomic E-state index is 0.488. The second-order valence-corrected chi connectivity index (χ2v) is 3.52. The normalized spacial score (nSPS) is 32.5. The largest absolute Gasteiger partial charge is 0.376 e. The van der Waals surface area contributed by atoms with Gasteiger partial charge in [0.25, 0.3) is 0 Å². The summed E-state index contributed by atoms with van der Waals surface area (Å²) < 4.78 is 5.53. The topological polar surface area (TPSA) is 12.5 Å². The van der Waals surface area contributed by atoms with Crippen molar-refractivity contribution in [3.63, 3.8) is 0 Å². The Labute approximate surface area is 69.5 Å². The van der Waals surface area contributed by atoms with Crippen molar-refractivity contribution >= 4 is 0 Å². The molecule has 0 aromatic heterocycles. The van der Waals surface area contributed by atoms with Gasteiger partial charge in [-0.1, -0.05) is 0 Å². The Kier molecular flexibility index (Phi) is 2.90. The van der Waals surface area contributed by atoms with Gasteiger partial charge in [-0.2, -0.15) is 0 Å². The molecule has 0 unspecified atom stereocenters. The molecule has 0 N–H and O–H groups in total. The number of ether oxygens (including phenoxy) is 1. The molecule has 1 fully saturated rings. The Morgan fingerprint density at radius 2 is 2.18 bits per heavy atom. The van der Waals surface area contributed by atoms with Crippen molar-refractivity contribution in [2.45, 2.75) is 45.9 Å². The van der Waals surface area contributed by atoms with Gasteiger partial charge in [-0.15, -0.1) is 0 Å². The van der Waals surface area contributed by atoms with E-state index in [0.717, 1.165) is 13.2 Å². The molecule has 1 aliphatic rings. The summed E-state index contributed by atoms with van der Waals surface area (Å²) in [6.07, 6.45) is 0.488. The number of likely N-dealkylation sites (tertiary alicyclic amines) is 1. The molecule has 66 valence electrons. The predicted octanol–water partition coefficient (Wildman–Crippen LogP) is 1.50. The van der Waals surface area contributed by atoms with E-state index in [0.29, 0.717) is 18.2 Å². The van der Waals surface area contributed by atoms with Crippen LogP contribution in [0.3, 0.4) is 0 Å². The Bertz CT molecular complexity index is 125. The van der Waals surface area contributed by atoms with E-state index in [-0.39, 0.29) is 0 Å². The molecule has 0 bridgehead atoms. The lowest BCUT2D eigenvalue weighted by Crippen LogP contribution is -2.61. The molecule has 1 rings (SSSR count). The van der Waals surface area contributed by atoms with E-state index in [1.54, 1.807) is 0 Å². The van der Waals surface area contributed by atoms with Crippen LogP contribution >= 0.6 is 0 Å². The van der Waals surface area contributed by atoms with Crippen LogP contribution in [0.1, 0.15) is 27.7 Å². The minimum atomic E-state index is 0.488. The van der Waals surface area contributed by atoms with Crippen molar-refractivity contribution in [2.75, 3.05) is 13.2 Å². The molecular weight excluding hydrogens is 138 g/mol. The van der Waals surface area contributed by atoms with Crippen molar-refractivity contribution in [1.29, 1.82) is 0 Å². The van der Waals surface area contributed by atoms with Crippen LogP contribution in [0.2, 0.25) is 0 Å². The summed E-state index contributed by atoms with van der Waals surface area (Å²) in [4.78, 5) is 2.46. The average Bonchev–Trinajstić information content (AvgIpc) is 1.95. The van der Waals surface area contributed by atoms with Crippen molar-refractivity contribution < 1.29 is 4.74 Å². The van der Waals surface area contributed by atoms with Gasteiger partial charge in [-0.3, -0.25) is 4.90 Å². The molecule has 0 aromatic carbocycles. The Morgan fingerprint density at radius 1 is 1.55 bits per heavy atom. The molecule has 0 amide bonds. The van der Waals surface area contributed by atoms with Crippen molar-refractivity contribution in [1.82, 2.24) is 4.90 Å². The van der Waals surface area contributed by atoms with Gasteiger partial charge in [0.1, 0.15) is 0 Å². The van der Waals surface area contributed by atoms with E-state index in [1.165, 1.54) is 0 Å². The predicted molar refractivity (Wildman–Crippen MR) is 46.7 cm³/mol. The van der Waals surface area contributed by atoms with Gasteiger partial charge in [-0.25, -0.2) is 0 Å². The van der Waals surface area contributed by atoms with Gasteiger partial charge in [0, 0.05) is 25.2 Å². The lowest BCUT2D eigenvalue weighted by atomic mass is 9.99. The van der Waals surface area contributed by atoms with E-state index in [9.17, 15) is 0 Å². The molecule has 0 aliphatic carbocycles. The molecule has 1 aliphatic heterocycles. The van der Waals surface area contributed by atoms with Crippen molar-refractivity contribution in [3.8, 4) is 0 Å². The number of hydrogen-bond acceptors (Lipinski definition) is 2. The van der Waals surface area contributed by atoms with Gasteiger partial charge >= 0.3 is 0 Å². The summed E-state index contributed by atoms with van der Waals surface area (Å²) >= 11 is 0. The molecule has 2 heteroatoms. The highest BCUT2D eigenvalue weighted by Gasteiger charge is 2.36. The van der Waals surface area contributed by atoms with Gasteiger partial charge in [0.15, 0.2) is 0 Å². The van der Waals surface area contributed by atoms with Crippen LogP contribution in [0.5, 0.6) is 0 Å². The third-order valence-corrected chi connectivity index (χ3v) is 2.50. The van der Waals surface area contributed by atoms with Crippen LogP contribution in [0.15, 0.2) is 0 Å². The van der Waals surface area contributed by atoms with Crippen LogP contribution in [0, 0.1) is 0 Å². The third kappa shape index (κ3) is 1.74. The molecule has 11 heavy (non-hydrogen) atoms. The van der Waals surface area contributed by atoms with Crippen LogP contribution in [0.25, 0.3) is 0 Å². The maximum atomic E-state index is 5.53. The molecular formula is C9H19NO. The van der Waals surface area contributed by atoms with Crippen LogP contribution in [-0.2, 0) is 4.74 Å². The highest BCUT2D eigenvalue weighted by Crippen LogP contribution is 2.22. The molecule has 0 spiro atoms. The summed E-state index contributed by atoms with van der Waals surface area (Å²) in [6.45, 7) is 10.7. The molecule has 2 nitrogen and oxygen atoms in total. The monoisotopic (exact) mass is 157 g/mol. The van der Waals surface area contributed by atoms with E-state index >= 15 is 0 Å². The highest BCUT2D eigenvalue weighted by molar-refractivity contribution is 4.91. The van der Waals surface area contributed by atoms with Gasteiger partial charge in [0.2, 0.25) is 0 Å². The van der Waals surface area contributed by atoms with Crippen LogP contribution < -0.4 is 0 Å². The van der Waals surface area contributed by atoms with Crippen molar-refractivity contribution in [3.05, 3.63) is 0 Å². The van der Waals surface area contributed by atoms with E-state index in [2.05, 4.69) is 32.6 Å². The van der Waals surface area contributed by atoms with Gasteiger partial charge < -0.3 is 4.74 Å². The van der Waals surface area contributed by atoms with Gasteiger partial charge in [-0.05, 0) is 27.7 Å². The maximum absolute atomic E-state index is 5.53. The first-order valence-electron chi connectivity index (χ1n) is 4.54. The number of hydrogen-bond donors (Lipinski definition) is 0. The number of nitrogens with zero attached hydrogens (tertiary/aromatic N) is 1. The summed E-state index contributed by atoms with van der Waals surface area (Å²) in [5.74, 6) is 0.